The van der Waals surface area contributed by atoms with Crippen molar-refractivity contribution in [1.82, 2.24) is 10.3 Å². The number of benzene rings is 4. The number of nitrogens with one attached hydrogen (secondary N) is 3. The third-order valence-electron chi connectivity index (χ3n) is 6.36. The minimum absolute atomic E-state index is 0.0818. The maximum atomic E-state index is 13.4. The second kappa shape index (κ2) is 15.2. The van der Waals surface area contributed by atoms with E-state index in [1.165, 1.54) is 23.1 Å². The monoisotopic (exact) mass is 716 g/mol. The van der Waals surface area contributed by atoms with Crippen LogP contribution >= 0.6 is 50.6 Å². The molecule has 1 heterocycles. The standard InChI is InChI=1S/C34H26BrClN4O3S2/c1-21(31(41)40-34-39-30(20-44-34)23-12-16-26(36)17-13-23)45-28-9-5-8-27(19-28)37-33(43)29(18-22-10-14-25(35)15-11-22)38-32(42)24-6-3-2-4-7-24/h2-21H,1H3,(H,37,43)(H,38,42)(H,39,40,41)/b29-18-. The molecule has 11 heteroatoms. The molecule has 3 N–H and O–H groups in total. The lowest BCUT2D eigenvalue weighted by molar-refractivity contribution is -0.115. The van der Waals surface area contributed by atoms with Crippen molar-refractivity contribution < 1.29 is 14.4 Å². The van der Waals surface area contributed by atoms with E-state index in [0.717, 1.165) is 26.2 Å². The van der Waals surface area contributed by atoms with Gasteiger partial charge in [0.05, 0.1) is 10.9 Å². The van der Waals surface area contributed by atoms with Gasteiger partial charge in [-0.1, -0.05) is 76.1 Å². The van der Waals surface area contributed by atoms with Crippen LogP contribution in [-0.4, -0.2) is 28.0 Å². The zero-order chi connectivity index (χ0) is 31.8. The minimum Gasteiger partial charge on any atom is -0.321 e. The number of carbonyl (C=O) groups is 3. The zero-order valence-corrected chi connectivity index (χ0v) is 27.8. The van der Waals surface area contributed by atoms with Crippen LogP contribution in [0.3, 0.4) is 0 Å². The molecular formula is C34H26BrClN4O3S2. The van der Waals surface area contributed by atoms with Gasteiger partial charge in [-0.2, -0.15) is 0 Å². The van der Waals surface area contributed by atoms with Gasteiger partial charge in [-0.15, -0.1) is 23.1 Å². The quantitative estimate of drug-likeness (QED) is 0.0991. The first-order valence-electron chi connectivity index (χ1n) is 13.7. The maximum Gasteiger partial charge on any atom is 0.272 e. The Bertz CT molecular complexity index is 1850. The Morgan fingerprint density at radius 2 is 1.64 bits per heavy atom. The van der Waals surface area contributed by atoms with E-state index < -0.39 is 17.1 Å². The highest BCUT2D eigenvalue weighted by atomic mass is 79.9. The number of hydrogen-bond donors (Lipinski definition) is 3. The fourth-order valence-corrected chi connectivity index (χ4v) is 6.10. The average Bonchev–Trinajstić information content (AvgIpc) is 3.51. The molecule has 0 saturated heterocycles. The van der Waals surface area contributed by atoms with Crippen molar-refractivity contribution in [3.63, 3.8) is 0 Å². The largest absolute Gasteiger partial charge is 0.321 e. The summed E-state index contributed by atoms with van der Waals surface area (Å²) in [5, 5.41) is 11.1. The molecule has 0 aliphatic rings. The molecule has 1 unspecified atom stereocenters. The molecule has 5 rings (SSSR count). The van der Waals surface area contributed by atoms with Crippen LogP contribution in [0.1, 0.15) is 22.8 Å². The summed E-state index contributed by atoms with van der Waals surface area (Å²) in [6.45, 7) is 1.80. The van der Waals surface area contributed by atoms with E-state index in [1.54, 1.807) is 67.6 Å². The van der Waals surface area contributed by atoms with E-state index in [4.69, 9.17) is 11.6 Å². The van der Waals surface area contributed by atoms with Crippen LogP contribution in [0.2, 0.25) is 5.02 Å². The SMILES string of the molecule is CC(Sc1cccc(NC(=O)/C(=C/c2ccc(Br)cc2)NC(=O)c2ccccc2)c1)C(=O)Nc1nc(-c2ccc(Cl)cc2)cs1. The molecule has 5 aromatic rings. The molecule has 0 bridgehead atoms. The lowest BCUT2D eigenvalue weighted by atomic mass is 10.1. The van der Waals surface area contributed by atoms with Crippen molar-refractivity contribution in [3.05, 3.63) is 135 Å². The fraction of sp³-hybridized carbons (Fsp3) is 0.0588. The van der Waals surface area contributed by atoms with Gasteiger partial charge in [-0.3, -0.25) is 14.4 Å². The van der Waals surface area contributed by atoms with Gasteiger partial charge in [0.2, 0.25) is 5.91 Å². The third-order valence-corrected chi connectivity index (χ3v) is 8.99. The van der Waals surface area contributed by atoms with E-state index in [-0.39, 0.29) is 11.6 Å². The number of aromatic nitrogens is 1. The summed E-state index contributed by atoms with van der Waals surface area (Å²) in [6, 6.07) is 30.6. The maximum absolute atomic E-state index is 13.4. The number of anilines is 2. The molecule has 0 aliphatic heterocycles. The van der Waals surface area contributed by atoms with E-state index in [0.29, 0.717) is 21.4 Å². The molecule has 45 heavy (non-hydrogen) atoms. The highest BCUT2D eigenvalue weighted by Gasteiger charge is 2.18. The Kier molecular flexibility index (Phi) is 10.9. The van der Waals surface area contributed by atoms with Gasteiger partial charge in [0.25, 0.3) is 11.8 Å². The molecule has 0 spiro atoms. The van der Waals surface area contributed by atoms with Crippen LogP contribution in [0.4, 0.5) is 10.8 Å². The molecule has 3 amide bonds. The molecule has 0 radical (unpaired) electrons. The van der Waals surface area contributed by atoms with Crippen molar-refractivity contribution in [1.29, 1.82) is 0 Å². The van der Waals surface area contributed by atoms with Crippen molar-refractivity contribution in [2.75, 3.05) is 10.6 Å². The fourth-order valence-electron chi connectivity index (χ4n) is 4.06. The minimum atomic E-state index is -0.490. The lowest BCUT2D eigenvalue weighted by Gasteiger charge is -2.13. The highest BCUT2D eigenvalue weighted by Crippen LogP contribution is 2.29. The van der Waals surface area contributed by atoms with Crippen LogP contribution in [-0.2, 0) is 9.59 Å². The number of thiazole rings is 1. The van der Waals surface area contributed by atoms with Gasteiger partial charge in [-0.05, 0) is 73.2 Å². The summed E-state index contributed by atoms with van der Waals surface area (Å²) >= 11 is 12.1. The molecule has 7 nitrogen and oxygen atoms in total. The first-order chi connectivity index (χ1) is 21.7. The highest BCUT2D eigenvalue weighted by molar-refractivity contribution is 9.10. The summed E-state index contributed by atoms with van der Waals surface area (Å²) < 4.78 is 0.894. The van der Waals surface area contributed by atoms with Crippen molar-refractivity contribution in [2.24, 2.45) is 0 Å². The van der Waals surface area contributed by atoms with Gasteiger partial charge in [0, 0.05) is 36.6 Å². The second-order valence-electron chi connectivity index (χ2n) is 9.71. The average molecular weight is 718 g/mol. The molecule has 4 aromatic carbocycles. The predicted molar refractivity (Wildman–Crippen MR) is 188 cm³/mol. The number of rotatable bonds is 10. The van der Waals surface area contributed by atoms with Crippen LogP contribution < -0.4 is 16.0 Å². The summed E-state index contributed by atoms with van der Waals surface area (Å²) in [6.07, 6.45) is 1.62. The van der Waals surface area contributed by atoms with Gasteiger partial charge >= 0.3 is 0 Å². The molecule has 0 saturated carbocycles. The van der Waals surface area contributed by atoms with Crippen LogP contribution in [0, 0.1) is 0 Å². The van der Waals surface area contributed by atoms with Gasteiger partial charge < -0.3 is 16.0 Å². The van der Waals surface area contributed by atoms with Crippen LogP contribution in [0.5, 0.6) is 0 Å². The van der Waals surface area contributed by atoms with Gasteiger partial charge in [-0.25, -0.2) is 4.98 Å². The summed E-state index contributed by atoms with van der Waals surface area (Å²) in [5.74, 6) is -1.09. The Morgan fingerprint density at radius 1 is 0.911 bits per heavy atom. The first kappa shape index (κ1) is 32.2. The van der Waals surface area contributed by atoms with E-state index in [1.807, 2.05) is 53.9 Å². The molecular weight excluding hydrogens is 692 g/mol. The smallest absolute Gasteiger partial charge is 0.272 e. The van der Waals surface area contributed by atoms with Crippen molar-refractivity contribution in [3.8, 4) is 11.3 Å². The Morgan fingerprint density at radius 3 is 2.38 bits per heavy atom. The number of hydrogen-bond acceptors (Lipinski definition) is 6. The Balaban J connectivity index is 1.25. The number of amides is 3. The van der Waals surface area contributed by atoms with E-state index >= 15 is 0 Å². The Hall–Kier alpha value is -4.22. The van der Waals surface area contributed by atoms with Gasteiger partial charge in [0.1, 0.15) is 5.70 Å². The second-order valence-corrected chi connectivity index (χ2v) is 13.3. The third kappa shape index (κ3) is 9.15. The molecule has 1 atom stereocenters. The van der Waals surface area contributed by atoms with Crippen LogP contribution in [0.25, 0.3) is 17.3 Å². The van der Waals surface area contributed by atoms with Gasteiger partial charge in [0.15, 0.2) is 5.13 Å². The normalized spacial score (nSPS) is 11.8. The number of nitrogens with zero attached hydrogens (tertiary/aromatic N) is 1. The topological polar surface area (TPSA) is 100 Å². The molecule has 226 valence electrons. The molecule has 1 aromatic heterocycles. The first-order valence-corrected chi connectivity index (χ1v) is 16.6. The summed E-state index contributed by atoms with van der Waals surface area (Å²) in [7, 11) is 0. The lowest BCUT2D eigenvalue weighted by Crippen LogP contribution is -2.30. The predicted octanol–water partition coefficient (Wildman–Crippen LogP) is 8.75. The van der Waals surface area contributed by atoms with E-state index in [2.05, 4.69) is 36.9 Å². The molecule has 0 fully saturated rings. The van der Waals surface area contributed by atoms with Crippen molar-refractivity contribution >= 4 is 85.2 Å². The van der Waals surface area contributed by atoms with Crippen molar-refractivity contribution in [2.45, 2.75) is 17.1 Å². The number of thioether (sulfide) groups is 1. The molecule has 0 aliphatic carbocycles. The number of carbonyl (C=O) groups excluding carboxylic acids is 3. The number of halogens is 2. The Labute approximate surface area is 282 Å². The van der Waals surface area contributed by atoms with E-state index in [9.17, 15) is 14.4 Å². The van der Waals surface area contributed by atoms with Crippen LogP contribution in [0.15, 0.2) is 124 Å². The summed E-state index contributed by atoms with van der Waals surface area (Å²) in [4.78, 5) is 44.6. The zero-order valence-electron chi connectivity index (χ0n) is 23.8. The summed E-state index contributed by atoms with van der Waals surface area (Å²) in [5.41, 5.74) is 3.42.